The first-order chi connectivity index (χ1) is 6.16. The highest BCUT2D eigenvalue weighted by molar-refractivity contribution is 9.10. The highest BCUT2D eigenvalue weighted by atomic mass is 79.9. The van der Waals surface area contributed by atoms with Gasteiger partial charge in [0.15, 0.2) is 11.5 Å². The maximum absolute atomic E-state index is 5.57. The Kier molecular flexibility index (Phi) is 2.12. The molecule has 1 heterocycles. The number of fused-ring (bicyclic) bond motifs is 1. The molecule has 0 aliphatic heterocycles. The van der Waals surface area contributed by atoms with Gasteiger partial charge in [0.05, 0.1) is 0 Å². The van der Waals surface area contributed by atoms with E-state index in [1.807, 2.05) is 18.2 Å². The van der Waals surface area contributed by atoms with E-state index in [4.69, 9.17) is 4.42 Å². The fourth-order valence-electron chi connectivity index (χ4n) is 1.16. The first-order valence-corrected chi connectivity index (χ1v) is 5.02. The molecule has 0 fully saturated rings. The van der Waals surface area contributed by atoms with Crippen LogP contribution in [0.1, 0.15) is 25.7 Å². The van der Waals surface area contributed by atoms with Crippen molar-refractivity contribution in [2.24, 2.45) is 0 Å². The maximum atomic E-state index is 5.57. The lowest BCUT2D eigenvalue weighted by Gasteiger charge is -1.93. The largest absolute Gasteiger partial charge is 0.440 e. The summed E-state index contributed by atoms with van der Waals surface area (Å²) in [5.74, 6) is 1.14. The Morgan fingerprint density at radius 3 is 2.85 bits per heavy atom. The van der Waals surface area contributed by atoms with E-state index in [0.717, 1.165) is 21.5 Å². The van der Waals surface area contributed by atoms with Gasteiger partial charge in [-0.3, -0.25) is 0 Å². The third-order valence-electron chi connectivity index (χ3n) is 1.86. The summed E-state index contributed by atoms with van der Waals surface area (Å²) in [6.45, 7) is 4.14. The number of benzene rings is 1. The lowest BCUT2D eigenvalue weighted by molar-refractivity contribution is 0.501. The van der Waals surface area contributed by atoms with E-state index < -0.39 is 0 Å². The Labute approximate surface area is 85.1 Å². The zero-order valence-electron chi connectivity index (χ0n) is 7.54. The second-order valence-corrected chi connectivity index (χ2v) is 4.23. The molecule has 0 aliphatic rings. The fraction of sp³-hybridized carbons (Fsp3) is 0.300. The van der Waals surface area contributed by atoms with Crippen LogP contribution in [0.25, 0.3) is 11.1 Å². The van der Waals surface area contributed by atoms with Crippen LogP contribution in [0.4, 0.5) is 0 Å². The third-order valence-corrected chi connectivity index (χ3v) is 2.35. The van der Waals surface area contributed by atoms with Crippen LogP contribution in [0.15, 0.2) is 27.1 Å². The van der Waals surface area contributed by atoms with E-state index in [-0.39, 0.29) is 0 Å². The summed E-state index contributed by atoms with van der Waals surface area (Å²) >= 11 is 3.39. The molecule has 3 heteroatoms. The van der Waals surface area contributed by atoms with Crippen molar-refractivity contribution in [1.29, 1.82) is 0 Å². The van der Waals surface area contributed by atoms with Crippen LogP contribution in [0.2, 0.25) is 0 Å². The summed E-state index contributed by atoms with van der Waals surface area (Å²) in [5.41, 5.74) is 1.77. The minimum absolute atomic E-state index is 0.339. The van der Waals surface area contributed by atoms with Gasteiger partial charge in [0.1, 0.15) is 5.52 Å². The van der Waals surface area contributed by atoms with Gasteiger partial charge in [0.2, 0.25) is 0 Å². The predicted octanol–water partition coefficient (Wildman–Crippen LogP) is 3.71. The Morgan fingerprint density at radius 2 is 2.15 bits per heavy atom. The molecule has 0 aliphatic carbocycles. The van der Waals surface area contributed by atoms with Crippen molar-refractivity contribution in [1.82, 2.24) is 4.98 Å². The molecule has 0 bridgehead atoms. The average molecular weight is 240 g/mol. The van der Waals surface area contributed by atoms with Gasteiger partial charge in [0.25, 0.3) is 0 Å². The first-order valence-electron chi connectivity index (χ1n) is 4.23. The lowest BCUT2D eigenvalue weighted by Crippen LogP contribution is -1.84. The molecule has 2 aromatic rings. The number of hydrogen-bond acceptors (Lipinski definition) is 2. The van der Waals surface area contributed by atoms with Crippen LogP contribution in [0, 0.1) is 0 Å². The van der Waals surface area contributed by atoms with E-state index in [0.29, 0.717) is 5.92 Å². The maximum Gasteiger partial charge on any atom is 0.198 e. The normalized spacial score (nSPS) is 11.4. The highest BCUT2D eigenvalue weighted by Gasteiger charge is 2.08. The van der Waals surface area contributed by atoms with Crippen molar-refractivity contribution < 1.29 is 4.42 Å². The third kappa shape index (κ3) is 1.61. The molecule has 0 saturated carbocycles. The van der Waals surface area contributed by atoms with Gasteiger partial charge in [-0.15, -0.1) is 0 Å². The molecule has 0 N–H and O–H groups in total. The molecular weight excluding hydrogens is 230 g/mol. The van der Waals surface area contributed by atoms with Gasteiger partial charge in [-0.1, -0.05) is 29.8 Å². The average Bonchev–Trinajstić information content (AvgIpc) is 2.46. The van der Waals surface area contributed by atoms with Gasteiger partial charge in [-0.2, -0.15) is 0 Å². The molecule has 68 valence electrons. The standard InChI is InChI=1S/C10H10BrNO/c1-6(2)10-12-8-4-3-7(11)5-9(8)13-10/h3-6H,1-2H3. The van der Waals surface area contributed by atoms with Crippen LogP contribution in [0.5, 0.6) is 0 Å². The van der Waals surface area contributed by atoms with E-state index in [1.54, 1.807) is 0 Å². The molecule has 2 rings (SSSR count). The van der Waals surface area contributed by atoms with Crippen LogP contribution in [-0.2, 0) is 0 Å². The SMILES string of the molecule is CC(C)c1nc2ccc(Br)cc2o1. The smallest absolute Gasteiger partial charge is 0.198 e. The summed E-state index contributed by atoms with van der Waals surface area (Å²) in [6.07, 6.45) is 0. The zero-order valence-corrected chi connectivity index (χ0v) is 9.13. The number of hydrogen-bond donors (Lipinski definition) is 0. The van der Waals surface area contributed by atoms with Gasteiger partial charge in [0, 0.05) is 10.4 Å². The minimum atomic E-state index is 0.339. The fourth-order valence-corrected chi connectivity index (χ4v) is 1.50. The Bertz CT molecular complexity index is 433. The molecule has 0 spiro atoms. The van der Waals surface area contributed by atoms with Crippen LogP contribution in [0.3, 0.4) is 0 Å². The van der Waals surface area contributed by atoms with Crippen molar-refractivity contribution in [3.8, 4) is 0 Å². The molecular formula is C10H10BrNO. The quantitative estimate of drug-likeness (QED) is 0.759. The summed E-state index contributed by atoms with van der Waals surface area (Å²) in [4.78, 5) is 4.37. The topological polar surface area (TPSA) is 26.0 Å². The Hall–Kier alpha value is -0.830. The molecule has 0 unspecified atom stereocenters. The first kappa shape index (κ1) is 8.75. The molecule has 1 aromatic carbocycles. The van der Waals surface area contributed by atoms with E-state index in [1.165, 1.54) is 0 Å². The van der Waals surface area contributed by atoms with Crippen molar-refractivity contribution in [2.45, 2.75) is 19.8 Å². The Morgan fingerprint density at radius 1 is 1.38 bits per heavy atom. The minimum Gasteiger partial charge on any atom is -0.440 e. The predicted molar refractivity (Wildman–Crippen MR) is 55.8 cm³/mol. The number of rotatable bonds is 1. The van der Waals surface area contributed by atoms with E-state index >= 15 is 0 Å². The highest BCUT2D eigenvalue weighted by Crippen LogP contribution is 2.23. The van der Waals surface area contributed by atoms with Crippen LogP contribution < -0.4 is 0 Å². The second-order valence-electron chi connectivity index (χ2n) is 3.32. The zero-order chi connectivity index (χ0) is 9.42. The van der Waals surface area contributed by atoms with Crippen molar-refractivity contribution >= 4 is 27.0 Å². The summed E-state index contributed by atoms with van der Waals surface area (Å²) in [7, 11) is 0. The van der Waals surface area contributed by atoms with Gasteiger partial charge < -0.3 is 4.42 Å². The van der Waals surface area contributed by atoms with E-state index in [9.17, 15) is 0 Å². The number of oxazole rings is 1. The summed E-state index contributed by atoms with van der Waals surface area (Å²) in [5, 5.41) is 0. The van der Waals surface area contributed by atoms with Crippen molar-refractivity contribution in [2.75, 3.05) is 0 Å². The monoisotopic (exact) mass is 239 g/mol. The van der Waals surface area contributed by atoms with Crippen LogP contribution >= 0.6 is 15.9 Å². The van der Waals surface area contributed by atoms with Gasteiger partial charge >= 0.3 is 0 Å². The molecule has 0 radical (unpaired) electrons. The number of nitrogens with zero attached hydrogens (tertiary/aromatic N) is 1. The Balaban J connectivity index is 2.62. The number of halogens is 1. The number of aromatic nitrogens is 1. The van der Waals surface area contributed by atoms with Gasteiger partial charge in [-0.25, -0.2) is 4.98 Å². The van der Waals surface area contributed by atoms with Crippen molar-refractivity contribution in [3.05, 3.63) is 28.6 Å². The molecule has 1 aromatic heterocycles. The summed E-state index contributed by atoms with van der Waals surface area (Å²) < 4.78 is 6.59. The van der Waals surface area contributed by atoms with Crippen LogP contribution in [-0.4, -0.2) is 4.98 Å². The lowest BCUT2D eigenvalue weighted by atomic mass is 10.2. The molecule has 2 nitrogen and oxygen atoms in total. The van der Waals surface area contributed by atoms with Gasteiger partial charge in [-0.05, 0) is 18.2 Å². The summed E-state index contributed by atoms with van der Waals surface area (Å²) in [6, 6.07) is 5.86. The molecule has 0 saturated heterocycles. The molecule has 0 amide bonds. The van der Waals surface area contributed by atoms with Crippen molar-refractivity contribution in [3.63, 3.8) is 0 Å². The van der Waals surface area contributed by atoms with E-state index in [2.05, 4.69) is 34.8 Å². The molecule has 13 heavy (non-hydrogen) atoms. The molecule has 0 atom stereocenters. The second kappa shape index (κ2) is 3.14.